The number of nitrogens with one attached hydrogen (secondary N) is 2. The Balaban J connectivity index is 2.18. The number of hydrogen-bond acceptors (Lipinski definition) is 3. The first-order valence-corrected chi connectivity index (χ1v) is 7.95. The number of ether oxygens (including phenoxy) is 1. The van der Waals surface area contributed by atoms with Gasteiger partial charge in [0.2, 0.25) is 5.91 Å². The molecule has 122 valence electrons. The van der Waals surface area contributed by atoms with Crippen molar-refractivity contribution in [3.63, 3.8) is 0 Å². The van der Waals surface area contributed by atoms with Crippen LogP contribution in [0.15, 0.2) is 4.99 Å². The van der Waals surface area contributed by atoms with Gasteiger partial charge < -0.3 is 20.3 Å². The molecule has 1 saturated heterocycles. The average molecular weight is 298 g/mol. The quantitative estimate of drug-likeness (QED) is 0.398. The fourth-order valence-corrected chi connectivity index (χ4v) is 2.47. The van der Waals surface area contributed by atoms with Gasteiger partial charge in [0.05, 0.1) is 0 Å². The minimum absolute atomic E-state index is 0.236. The van der Waals surface area contributed by atoms with Crippen LogP contribution in [0, 0.1) is 0 Å². The summed E-state index contributed by atoms with van der Waals surface area (Å²) < 4.78 is 5.03. The van der Waals surface area contributed by atoms with Gasteiger partial charge in [0, 0.05) is 52.9 Å². The van der Waals surface area contributed by atoms with Crippen LogP contribution in [0.1, 0.15) is 39.0 Å². The van der Waals surface area contributed by atoms with Crippen molar-refractivity contribution >= 4 is 11.9 Å². The summed E-state index contributed by atoms with van der Waals surface area (Å²) in [7, 11) is 3.52. The van der Waals surface area contributed by atoms with Gasteiger partial charge in [0.25, 0.3) is 0 Å². The van der Waals surface area contributed by atoms with E-state index >= 15 is 0 Å². The molecule has 1 aliphatic heterocycles. The van der Waals surface area contributed by atoms with Gasteiger partial charge in [0.1, 0.15) is 0 Å². The Labute approximate surface area is 128 Å². The van der Waals surface area contributed by atoms with Crippen LogP contribution >= 0.6 is 0 Å². The molecule has 0 aliphatic carbocycles. The van der Waals surface area contributed by atoms with Crippen molar-refractivity contribution in [3.8, 4) is 0 Å². The molecule has 0 saturated carbocycles. The molecule has 1 atom stereocenters. The van der Waals surface area contributed by atoms with E-state index in [9.17, 15) is 4.79 Å². The fraction of sp³-hybridized carbons (Fsp3) is 0.867. The molecule has 2 N–H and O–H groups in total. The minimum Gasteiger partial charge on any atom is -0.385 e. The molecule has 6 heteroatoms. The number of hydrogen-bond donors (Lipinski definition) is 2. The van der Waals surface area contributed by atoms with Crippen molar-refractivity contribution in [1.82, 2.24) is 15.5 Å². The Kier molecular flexibility index (Phi) is 8.82. The summed E-state index contributed by atoms with van der Waals surface area (Å²) >= 11 is 0. The van der Waals surface area contributed by atoms with Crippen LogP contribution < -0.4 is 10.6 Å². The monoisotopic (exact) mass is 298 g/mol. The van der Waals surface area contributed by atoms with Crippen LogP contribution in [-0.2, 0) is 9.53 Å². The van der Waals surface area contributed by atoms with Crippen LogP contribution in [0.2, 0.25) is 0 Å². The van der Waals surface area contributed by atoms with E-state index in [1.165, 1.54) is 0 Å². The van der Waals surface area contributed by atoms with Crippen LogP contribution in [0.3, 0.4) is 0 Å². The molecule has 21 heavy (non-hydrogen) atoms. The van der Waals surface area contributed by atoms with Crippen LogP contribution in [-0.4, -0.2) is 63.2 Å². The molecule has 0 aromatic rings. The van der Waals surface area contributed by atoms with E-state index < -0.39 is 0 Å². The lowest BCUT2D eigenvalue weighted by Gasteiger charge is -2.18. The van der Waals surface area contributed by atoms with E-state index in [0.29, 0.717) is 12.5 Å². The number of unbranched alkanes of at least 4 members (excludes halogenated alkanes) is 2. The number of carbonyl (C=O) groups is 1. The summed E-state index contributed by atoms with van der Waals surface area (Å²) in [5.74, 6) is 1.07. The molecule has 0 spiro atoms. The summed E-state index contributed by atoms with van der Waals surface area (Å²) in [5.41, 5.74) is 0. The molecule has 0 bridgehead atoms. The number of amides is 1. The summed E-state index contributed by atoms with van der Waals surface area (Å²) in [4.78, 5) is 17.8. The molecule has 1 aliphatic rings. The summed E-state index contributed by atoms with van der Waals surface area (Å²) in [5, 5.41) is 6.72. The van der Waals surface area contributed by atoms with Gasteiger partial charge in [-0.05, 0) is 25.7 Å². The standard InChI is InChI=1S/C15H30N4O2/c1-4-14(20)19-10-8-13(12-19)18-15(16-2)17-9-6-5-7-11-21-3/h13H,4-12H2,1-3H3,(H2,16,17,18). The molecule has 0 radical (unpaired) electrons. The second kappa shape index (κ2) is 10.4. The lowest BCUT2D eigenvalue weighted by atomic mass is 10.2. The molecular formula is C15H30N4O2. The van der Waals surface area contributed by atoms with Gasteiger partial charge in [-0.25, -0.2) is 0 Å². The van der Waals surface area contributed by atoms with Gasteiger partial charge >= 0.3 is 0 Å². The normalized spacial score (nSPS) is 18.9. The molecule has 0 aromatic heterocycles. The first-order valence-electron chi connectivity index (χ1n) is 7.95. The predicted molar refractivity (Wildman–Crippen MR) is 85.5 cm³/mol. The highest BCUT2D eigenvalue weighted by molar-refractivity contribution is 5.80. The zero-order valence-electron chi connectivity index (χ0n) is 13.7. The molecule has 1 amide bonds. The lowest BCUT2D eigenvalue weighted by Crippen LogP contribution is -2.45. The first-order chi connectivity index (χ1) is 10.2. The molecule has 6 nitrogen and oxygen atoms in total. The van der Waals surface area contributed by atoms with E-state index in [2.05, 4.69) is 15.6 Å². The van der Waals surface area contributed by atoms with Gasteiger partial charge in [0.15, 0.2) is 5.96 Å². The Bertz CT molecular complexity index is 334. The average Bonchev–Trinajstić information content (AvgIpc) is 2.97. The molecule has 0 aromatic carbocycles. The maximum atomic E-state index is 11.7. The smallest absolute Gasteiger partial charge is 0.222 e. The van der Waals surface area contributed by atoms with Crippen molar-refractivity contribution < 1.29 is 9.53 Å². The predicted octanol–water partition coefficient (Wildman–Crippen LogP) is 0.979. The van der Waals surface area contributed by atoms with Gasteiger partial charge in [-0.1, -0.05) is 6.92 Å². The topological polar surface area (TPSA) is 66.0 Å². The Morgan fingerprint density at radius 3 is 2.86 bits per heavy atom. The zero-order valence-corrected chi connectivity index (χ0v) is 13.7. The summed E-state index contributed by atoms with van der Waals surface area (Å²) in [6.45, 7) is 5.27. The van der Waals surface area contributed by atoms with Gasteiger partial charge in [-0.2, -0.15) is 0 Å². The molecule has 1 rings (SSSR count). The van der Waals surface area contributed by atoms with Crippen molar-refractivity contribution in [2.75, 3.05) is 40.4 Å². The number of methoxy groups -OCH3 is 1. The molecular weight excluding hydrogens is 268 g/mol. The van der Waals surface area contributed by atoms with Gasteiger partial charge in [-0.3, -0.25) is 9.79 Å². The largest absolute Gasteiger partial charge is 0.385 e. The molecule has 1 fully saturated rings. The Morgan fingerprint density at radius 1 is 1.38 bits per heavy atom. The summed E-state index contributed by atoms with van der Waals surface area (Å²) in [6.07, 6.45) is 4.93. The third kappa shape index (κ3) is 6.80. The Morgan fingerprint density at radius 2 is 2.19 bits per heavy atom. The van der Waals surface area contributed by atoms with E-state index in [4.69, 9.17) is 4.74 Å². The van der Waals surface area contributed by atoms with Crippen LogP contribution in [0.4, 0.5) is 0 Å². The van der Waals surface area contributed by atoms with E-state index in [1.807, 2.05) is 11.8 Å². The molecule has 1 heterocycles. The Hall–Kier alpha value is -1.30. The van der Waals surface area contributed by atoms with Gasteiger partial charge in [-0.15, -0.1) is 0 Å². The highest BCUT2D eigenvalue weighted by Crippen LogP contribution is 2.10. The third-order valence-corrected chi connectivity index (χ3v) is 3.73. The van der Waals surface area contributed by atoms with E-state index in [0.717, 1.165) is 57.9 Å². The highest BCUT2D eigenvalue weighted by Gasteiger charge is 2.25. The second-order valence-electron chi connectivity index (χ2n) is 5.38. The number of aliphatic imine (C=N–C) groups is 1. The highest BCUT2D eigenvalue weighted by atomic mass is 16.5. The van der Waals surface area contributed by atoms with Crippen molar-refractivity contribution in [3.05, 3.63) is 0 Å². The van der Waals surface area contributed by atoms with Crippen LogP contribution in [0.5, 0.6) is 0 Å². The fourth-order valence-electron chi connectivity index (χ4n) is 2.47. The number of rotatable bonds is 8. The van der Waals surface area contributed by atoms with Crippen molar-refractivity contribution in [2.45, 2.75) is 45.1 Å². The van der Waals surface area contributed by atoms with E-state index in [-0.39, 0.29) is 5.91 Å². The third-order valence-electron chi connectivity index (χ3n) is 3.73. The van der Waals surface area contributed by atoms with Crippen molar-refractivity contribution in [1.29, 1.82) is 0 Å². The molecule has 1 unspecified atom stereocenters. The van der Waals surface area contributed by atoms with Crippen LogP contribution in [0.25, 0.3) is 0 Å². The number of guanidine groups is 1. The number of carbonyl (C=O) groups excluding carboxylic acids is 1. The first kappa shape index (κ1) is 17.8. The SMILES string of the molecule is CCC(=O)N1CCC(NC(=NC)NCCCCCOC)C1. The van der Waals surface area contributed by atoms with E-state index in [1.54, 1.807) is 14.2 Å². The zero-order chi connectivity index (χ0) is 15.5. The van der Waals surface area contributed by atoms with Crippen molar-refractivity contribution in [2.24, 2.45) is 4.99 Å². The second-order valence-corrected chi connectivity index (χ2v) is 5.38. The number of likely N-dealkylation sites (tertiary alicyclic amines) is 1. The lowest BCUT2D eigenvalue weighted by molar-refractivity contribution is -0.129. The minimum atomic E-state index is 0.236. The maximum Gasteiger partial charge on any atom is 0.222 e. The maximum absolute atomic E-state index is 11.7. The summed E-state index contributed by atoms with van der Waals surface area (Å²) in [6, 6.07) is 0.306. The number of nitrogens with zero attached hydrogens (tertiary/aromatic N) is 2.